The van der Waals surface area contributed by atoms with Gasteiger partial charge in [0.05, 0.1) is 12.2 Å². The number of hydrogen-bond donors (Lipinski definition) is 1. The molecule has 3 aromatic carbocycles. The highest BCUT2D eigenvalue weighted by molar-refractivity contribution is 5.61. The van der Waals surface area contributed by atoms with E-state index in [0.29, 0.717) is 29.5 Å². The van der Waals surface area contributed by atoms with Crippen molar-refractivity contribution in [3.63, 3.8) is 0 Å². The molecule has 0 saturated carbocycles. The van der Waals surface area contributed by atoms with Gasteiger partial charge in [-0.25, -0.2) is 0 Å². The predicted molar refractivity (Wildman–Crippen MR) is 118 cm³/mol. The quantitative estimate of drug-likeness (QED) is 0.346. The van der Waals surface area contributed by atoms with Crippen molar-refractivity contribution >= 4 is 11.6 Å². The maximum Gasteiger partial charge on any atom is 0.416 e. The van der Waals surface area contributed by atoms with Crippen LogP contribution in [-0.2, 0) is 6.18 Å². The zero-order chi connectivity index (χ0) is 23.3. The zero-order valence-electron chi connectivity index (χ0n) is 17.5. The van der Waals surface area contributed by atoms with Crippen LogP contribution in [0.15, 0.2) is 78.9 Å². The maximum absolute atomic E-state index is 13.0. The lowest BCUT2D eigenvalue weighted by Gasteiger charge is -2.12. The Morgan fingerprint density at radius 1 is 0.818 bits per heavy atom. The van der Waals surface area contributed by atoms with Crippen molar-refractivity contribution in [2.24, 2.45) is 0 Å². The number of halogens is 3. The minimum Gasteiger partial charge on any atom is -0.464 e. The van der Waals surface area contributed by atoms with Crippen LogP contribution in [0.5, 0.6) is 17.5 Å². The number of benzene rings is 3. The first-order valence-corrected chi connectivity index (χ1v) is 10.1. The van der Waals surface area contributed by atoms with Gasteiger partial charge in [-0.3, -0.25) is 0 Å². The molecule has 0 bridgehead atoms. The van der Waals surface area contributed by atoms with Gasteiger partial charge in [0, 0.05) is 11.3 Å². The molecule has 4 rings (SSSR count). The summed E-state index contributed by atoms with van der Waals surface area (Å²) in [5.74, 6) is 1.70. The molecule has 9 heteroatoms. The van der Waals surface area contributed by atoms with E-state index in [2.05, 4.69) is 20.3 Å². The van der Waals surface area contributed by atoms with E-state index in [-0.39, 0.29) is 17.6 Å². The highest BCUT2D eigenvalue weighted by Crippen LogP contribution is 2.31. The average Bonchev–Trinajstić information content (AvgIpc) is 2.80. The van der Waals surface area contributed by atoms with Gasteiger partial charge in [-0.05, 0) is 61.5 Å². The molecule has 0 spiro atoms. The Morgan fingerprint density at radius 3 is 2.24 bits per heavy atom. The lowest BCUT2D eigenvalue weighted by atomic mass is 10.2. The second-order valence-corrected chi connectivity index (χ2v) is 6.84. The number of nitrogens with one attached hydrogen (secondary N) is 1. The Morgan fingerprint density at radius 2 is 1.55 bits per heavy atom. The second kappa shape index (κ2) is 9.56. The fourth-order valence-corrected chi connectivity index (χ4v) is 2.93. The molecule has 1 N–H and O–H groups in total. The molecule has 0 aliphatic heterocycles. The standard InChI is InChI=1S/C24H19F3N4O2/c1-2-32-23-30-21(16-11-13-20(14-12-16)33-19-9-4-3-5-10-19)29-22(31-23)28-18-8-6-7-17(15-18)24(25,26)27/h3-15H,2H2,1H3,(H,28,29,30,31). The van der Waals surface area contributed by atoms with Crippen molar-refractivity contribution in [3.8, 4) is 28.9 Å². The summed E-state index contributed by atoms with van der Waals surface area (Å²) in [4.78, 5) is 12.8. The van der Waals surface area contributed by atoms with Crippen LogP contribution >= 0.6 is 0 Å². The van der Waals surface area contributed by atoms with E-state index in [1.165, 1.54) is 12.1 Å². The summed E-state index contributed by atoms with van der Waals surface area (Å²) in [7, 11) is 0. The van der Waals surface area contributed by atoms with Gasteiger partial charge in [0.15, 0.2) is 5.82 Å². The molecule has 4 aromatic rings. The van der Waals surface area contributed by atoms with E-state index in [0.717, 1.165) is 12.1 Å². The molecule has 0 aliphatic rings. The third-order valence-corrected chi connectivity index (χ3v) is 4.43. The Kier molecular flexibility index (Phi) is 6.39. The third-order valence-electron chi connectivity index (χ3n) is 4.43. The molecule has 0 saturated heterocycles. The van der Waals surface area contributed by atoms with Gasteiger partial charge in [0.25, 0.3) is 0 Å². The minimum atomic E-state index is -4.46. The van der Waals surface area contributed by atoms with E-state index in [4.69, 9.17) is 9.47 Å². The minimum absolute atomic E-state index is 0.0570. The van der Waals surface area contributed by atoms with Crippen LogP contribution in [-0.4, -0.2) is 21.6 Å². The summed E-state index contributed by atoms with van der Waals surface area (Å²) < 4.78 is 50.3. The molecule has 6 nitrogen and oxygen atoms in total. The lowest BCUT2D eigenvalue weighted by molar-refractivity contribution is -0.137. The highest BCUT2D eigenvalue weighted by Gasteiger charge is 2.30. The van der Waals surface area contributed by atoms with Gasteiger partial charge in [-0.15, -0.1) is 0 Å². The zero-order valence-corrected chi connectivity index (χ0v) is 17.5. The average molecular weight is 452 g/mol. The number of para-hydroxylation sites is 1. The third kappa shape index (κ3) is 5.76. The van der Waals surface area contributed by atoms with Gasteiger partial charge >= 0.3 is 12.2 Å². The van der Waals surface area contributed by atoms with Gasteiger partial charge < -0.3 is 14.8 Å². The van der Waals surface area contributed by atoms with E-state index in [1.54, 1.807) is 31.2 Å². The fraction of sp³-hybridized carbons (Fsp3) is 0.125. The first-order chi connectivity index (χ1) is 15.9. The second-order valence-electron chi connectivity index (χ2n) is 6.84. The summed E-state index contributed by atoms with van der Waals surface area (Å²) in [6.07, 6.45) is -4.46. The topological polar surface area (TPSA) is 69.2 Å². The summed E-state index contributed by atoms with van der Waals surface area (Å²) in [6, 6.07) is 21.3. The number of rotatable bonds is 7. The Labute approximate surface area is 188 Å². The van der Waals surface area contributed by atoms with Crippen molar-refractivity contribution in [2.45, 2.75) is 13.1 Å². The van der Waals surface area contributed by atoms with E-state index in [9.17, 15) is 13.2 Å². The van der Waals surface area contributed by atoms with Crippen molar-refractivity contribution in [1.29, 1.82) is 0 Å². The van der Waals surface area contributed by atoms with Crippen LogP contribution in [0.4, 0.5) is 24.8 Å². The molecule has 33 heavy (non-hydrogen) atoms. The van der Waals surface area contributed by atoms with Gasteiger partial charge in [-0.2, -0.15) is 28.1 Å². The lowest BCUT2D eigenvalue weighted by Crippen LogP contribution is -2.07. The van der Waals surface area contributed by atoms with Gasteiger partial charge in [-0.1, -0.05) is 24.3 Å². The number of ether oxygens (including phenoxy) is 2. The Bertz CT molecular complexity index is 1220. The van der Waals surface area contributed by atoms with Crippen LogP contribution < -0.4 is 14.8 Å². The molecule has 168 valence electrons. The first kappa shape index (κ1) is 22.1. The van der Waals surface area contributed by atoms with Crippen LogP contribution in [0.1, 0.15) is 12.5 Å². The molecular formula is C24H19F3N4O2. The normalized spacial score (nSPS) is 11.2. The predicted octanol–water partition coefficient (Wildman–Crippen LogP) is 6.49. The smallest absolute Gasteiger partial charge is 0.416 e. The highest BCUT2D eigenvalue weighted by atomic mass is 19.4. The Hall–Kier alpha value is -4.14. The van der Waals surface area contributed by atoms with Crippen molar-refractivity contribution < 1.29 is 22.6 Å². The molecule has 0 unspecified atom stereocenters. The van der Waals surface area contributed by atoms with Crippen LogP contribution in [0, 0.1) is 0 Å². The molecule has 0 fully saturated rings. The number of hydrogen-bond acceptors (Lipinski definition) is 6. The largest absolute Gasteiger partial charge is 0.464 e. The molecular weight excluding hydrogens is 433 g/mol. The van der Waals surface area contributed by atoms with E-state index < -0.39 is 11.7 Å². The van der Waals surface area contributed by atoms with Gasteiger partial charge in [0.2, 0.25) is 5.95 Å². The number of nitrogens with zero attached hydrogens (tertiary/aromatic N) is 3. The van der Waals surface area contributed by atoms with Crippen molar-refractivity contribution in [2.75, 3.05) is 11.9 Å². The fourth-order valence-electron chi connectivity index (χ4n) is 2.93. The summed E-state index contributed by atoms with van der Waals surface area (Å²) >= 11 is 0. The van der Waals surface area contributed by atoms with Crippen molar-refractivity contribution in [3.05, 3.63) is 84.4 Å². The molecule has 0 radical (unpaired) electrons. The molecule has 1 heterocycles. The monoisotopic (exact) mass is 452 g/mol. The Balaban J connectivity index is 1.60. The van der Waals surface area contributed by atoms with E-state index in [1.807, 2.05) is 30.3 Å². The van der Waals surface area contributed by atoms with Crippen LogP contribution in [0.3, 0.4) is 0 Å². The molecule has 0 amide bonds. The van der Waals surface area contributed by atoms with Gasteiger partial charge in [0.1, 0.15) is 11.5 Å². The molecule has 1 aromatic heterocycles. The molecule has 0 atom stereocenters. The summed E-state index contributed by atoms with van der Waals surface area (Å²) in [5, 5.41) is 2.80. The number of aromatic nitrogens is 3. The maximum atomic E-state index is 13.0. The first-order valence-electron chi connectivity index (χ1n) is 10.1. The number of anilines is 2. The molecule has 0 aliphatic carbocycles. The van der Waals surface area contributed by atoms with Crippen LogP contribution in [0.25, 0.3) is 11.4 Å². The summed E-state index contributed by atoms with van der Waals surface area (Å²) in [6.45, 7) is 2.09. The van der Waals surface area contributed by atoms with E-state index >= 15 is 0 Å². The van der Waals surface area contributed by atoms with Crippen LogP contribution in [0.2, 0.25) is 0 Å². The van der Waals surface area contributed by atoms with Crippen molar-refractivity contribution in [1.82, 2.24) is 15.0 Å². The summed E-state index contributed by atoms with van der Waals surface area (Å²) in [5.41, 5.74) is 0.0719. The SMILES string of the molecule is CCOc1nc(Nc2cccc(C(F)(F)F)c2)nc(-c2ccc(Oc3ccccc3)cc2)n1. The number of alkyl halides is 3.